The molecule has 1 unspecified atom stereocenters. The van der Waals surface area contributed by atoms with Crippen molar-refractivity contribution in [1.29, 1.82) is 0 Å². The van der Waals surface area contributed by atoms with Gasteiger partial charge in [0.25, 0.3) is 0 Å². The third kappa shape index (κ3) is 1.41. The van der Waals surface area contributed by atoms with Crippen LogP contribution in [0.25, 0.3) is 0 Å². The first-order chi connectivity index (χ1) is 7.81. The Balaban J connectivity index is 2.74. The summed E-state index contributed by atoms with van der Waals surface area (Å²) in [4.78, 5) is 16.8. The first kappa shape index (κ1) is 12.1. The van der Waals surface area contributed by atoms with Crippen molar-refractivity contribution in [3.63, 3.8) is 0 Å². The van der Waals surface area contributed by atoms with Crippen molar-refractivity contribution in [2.24, 2.45) is 11.3 Å². The van der Waals surface area contributed by atoms with Gasteiger partial charge in [-0.05, 0) is 17.4 Å². The van der Waals surface area contributed by atoms with E-state index in [1.54, 1.807) is 6.20 Å². The molecule has 0 saturated carbocycles. The molecular formula is C14H20N2O. The van der Waals surface area contributed by atoms with E-state index in [0.717, 1.165) is 11.4 Å². The predicted molar refractivity (Wildman–Crippen MR) is 68.8 cm³/mol. The van der Waals surface area contributed by atoms with Crippen LogP contribution < -0.4 is 5.32 Å². The van der Waals surface area contributed by atoms with E-state index in [4.69, 9.17) is 0 Å². The molecule has 1 amide bonds. The van der Waals surface area contributed by atoms with E-state index in [2.05, 4.69) is 44.9 Å². The van der Waals surface area contributed by atoms with Crippen molar-refractivity contribution < 1.29 is 4.79 Å². The van der Waals surface area contributed by atoms with Gasteiger partial charge in [-0.25, -0.2) is 4.98 Å². The van der Waals surface area contributed by atoms with Crippen molar-refractivity contribution in [3.05, 3.63) is 23.9 Å². The third-order valence-corrected chi connectivity index (χ3v) is 3.87. The van der Waals surface area contributed by atoms with E-state index < -0.39 is 5.41 Å². The van der Waals surface area contributed by atoms with Gasteiger partial charge < -0.3 is 5.32 Å². The number of fused-ring (bicyclic) bond motifs is 1. The first-order valence-corrected chi connectivity index (χ1v) is 6.08. The third-order valence-electron chi connectivity index (χ3n) is 3.87. The number of anilines is 1. The number of carbonyl (C=O) groups excluding carboxylic acids is 1. The number of hydrogen-bond acceptors (Lipinski definition) is 2. The number of carbonyl (C=O) groups is 1. The molecule has 0 radical (unpaired) electrons. The zero-order chi connectivity index (χ0) is 12.8. The largest absolute Gasteiger partial charge is 0.310 e. The molecule has 0 saturated heterocycles. The first-order valence-electron chi connectivity index (χ1n) is 6.08. The Labute approximate surface area is 103 Å². The van der Waals surface area contributed by atoms with Crippen LogP contribution in [0.3, 0.4) is 0 Å². The predicted octanol–water partition coefficient (Wildman–Crippen LogP) is 2.97. The molecule has 17 heavy (non-hydrogen) atoms. The molecule has 92 valence electrons. The maximum Gasteiger partial charge on any atom is 0.237 e. The van der Waals surface area contributed by atoms with Crippen molar-refractivity contribution in [1.82, 2.24) is 4.98 Å². The number of aromatic nitrogens is 1. The molecule has 2 rings (SSSR count). The molecule has 0 aromatic carbocycles. The summed E-state index contributed by atoms with van der Waals surface area (Å²) < 4.78 is 0. The van der Waals surface area contributed by atoms with Crippen LogP contribution in [0.2, 0.25) is 0 Å². The second-order valence-corrected chi connectivity index (χ2v) is 6.07. The lowest BCUT2D eigenvalue weighted by molar-refractivity contribution is -0.126. The summed E-state index contributed by atoms with van der Waals surface area (Å²) in [6, 6.07) is 3.92. The van der Waals surface area contributed by atoms with Crippen molar-refractivity contribution in [2.45, 2.75) is 40.0 Å². The quantitative estimate of drug-likeness (QED) is 0.808. The summed E-state index contributed by atoms with van der Waals surface area (Å²) in [5, 5.41) is 2.93. The summed E-state index contributed by atoms with van der Waals surface area (Å²) in [6.07, 6.45) is 1.72. The normalized spacial score (nSPS) is 23.8. The summed E-state index contributed by atoms with van der Waals surface area (Å²) >= 11 is 0. The fourth-order valence-electron chi connectivity index (χ4n) is 3.34. The van der Waals surface area contributed by atoms with Gasteiger partial charge in [0, 0.05) is 11.8 Å². The lowest BCUT2D eigenvalue weighted by Crippen LogP contribution is -2.50. The van der Waals surface area contributed by atoms with Crippen LogP contribution in [0, 0.1) is 11.3 Å². The van der Waals surface area contributed by atoms with Crippen LogP contribution in [0.5, 0.6) is 0 Å². The van der Waals surface area contributed by atoms with Gasteiger partial charge in [-0.1, -0.05) is 40.7 Å². The molecular weight excluding hydrogens is 212 g/mol. The van der Waals surface area contributed by atoms with Gasteiger partial charge in [0.05, 0.1) is 5.41 Å². The summed E-state index contributed by atoms with van der Waals surface area (Å²) in [6.45, 7) is 10.6. The van der Waals surface area contributed by atoms with E-state index in [1.807, 2.05) is 12.1 Å². The zero-order valence-corrected chi connectivity index (χ0v) is 11.2. The molecule has 1 N–H and O–H groups in total. The second kappa shape index (κ2) is 3.56. The van der Waals surface area contributed by atoms with E-state index in [-0.39, 0.29) is 17.2 Å². The van der Waals surface area contributed by atoms with Gasteiger partial charge >= 0.3 is 0 Å². The minimum Gasteiger partial charge on any atom is -0.310 e. The molecule has 1 atom stereocenters. The molecule has 0 bridgehead atoms. The van der Waals surface area contributed by atoms with Gasteiger partial charge in [0.15, 0.2) is 0 Å². The molecule has 2 heterocycles. The lowest BCUT2D eigenvalue weighted by atomic mass is 9.58. The molecule has 1 aromatic heterocycles. The second-order valence-electron chi connectivity index (χ2n) is 6.07. The molecule has 0 spiro atoms. The highest BCUT2D eigenvalue weighted by atomic mass is 16.2. The average Bonchev–Trinajstić information content (AvgIpc) is 2.49. The number of pyridine rings is 1. The number of hydrogen-bond donors (Lipinski definition) is 1. The van der Waals surface area contributed by atoms with E-state index >= 15 is 0 Å². The Morgan fingerprint density at radius 3 is 2.53 bits per heavy atom. The number of rotatable bonds is 1. The van der Waals surface area contributed by atoms with Crippen LogP contribution in [0.15, 0.2) is 18.3 Å². The minimum absolute atomic E-state index is 0.0775. The van der Waals surface area contributed by atoms with Crippen LogP contribution in [0.4, 0.5) is 5.82 Å². The Bertz CT molecular complexity index is 460. The Hall–Kier alpha value is -1.38. The Kier molecular flexibility index (Phi) is 2.53. The highest BCUT2D eigenvalue weighted by Gasteiger charge is 2.56. The maximum atomic E-state index is 12.5. The molecule has 1 aliphatic heterocycles. The maximum absolute atomic E-state index is 12.5. The number of amides is 1. The molecule has 3 nitrogen and oxygen atoms in total. The monoisotopic (exact) mass is 232 g/mol. The standard InChI is InChI=1S/C14H20N2O/c1-9(2)14(13(3,4)5)10-7-6-8-15-11(10)16-12(14)17/h6-9H,1-5H3,(H,15,16,17). The highest BCUT2D eigenvalue weighted by Crippen LogP contribution is 2.52. The fraction of sp³-hybridized carbons (Fsp3) is 0.571. The molecule has 1 aliphatic rings. The lowest BCUT2D eigenvalue weighted by Gasteiger charge is -2.43. The van der Waals surface area contributed by atoms with Crippen LogP contribution in [-0.4, -0.2) is 10.9 Å². The van der Waals surface area contributed by atoms with Crippen LogP contribution >= 0.6 is 0 Å². The van der Waals surface area contributed by atoms with Crippen molar-refractivity contribution in [3.8, 4) is 0 Å². The fourth-order valence-corrected chi connectivity index (χ4v) is 3.34. The highest BCUT2D eigenvalue weighted by molar-refractivity contribution is 6.06. The topological polar surface area (TPSA) is 42.0 Å². The SMILES string of the molecule is CC(C)C1(C(C)(C)C)C(=O)Nc2ncccc21. The van der Waals surface area contributed by atoms with Gasteiger partial charge in [0.1, 0.15) is 5.82 Å². The van der Waals surface area contributed by atoms with Crippen molar-refractivity contribution in [2.75, 3.05) is 5.32 Å². The average molecular weight is 232 g/mol. The van der Waals surface area contributed by atoms with Gasteiger partial charge in [-0.3, -0.25) is 4.79 Å². The molecule has 0 aliphatic carbocycles. The van der Waals surface area contributed by atoms with E-state index in [1.165, 1.54) is 0 Å². The molecule has 0 fully saturated rings. The number of nitrogens with one attached hydrogen (secondary N) is 1. The summed E-state index contributed by atoms with van der Waals surface area (Å²) in [7, 11) is 0. The number of nitrogens with zero attached hydrogens (tertiary/aromatic N) is 1. The van der Waals surface area contributed by atoms with E-state index in [0.29, 0.717) is 0 Å². The van der Waals surface area contributed by atoms with Crippen molar-refractivity contribution >= 4 is 11.7 Å². The Morgan fingerprint density at radius 2 is 2.00 bits per heavy atom. The Morgan fingerprint density at radius 1 is 1.35 bits per heavy atom. The van der Waals surface area contributed by atoms with E-state index in [9.17, 15) is 4.79 Å². The van der Waals surface area contributed by atoms with Crippen LogP contribution in [0.1, 0.15) is 40.2 Å². The molecule has 1 aromatic rings. The smallest absolute Gasteiger partial charge is 0.237 e. The van der Waals surface area contributed by atoms with Gasteiger partial charge in [-0.2, -0.15) is 0 Å². The summed E-state index contributed by atoms with van der Waals surface area (Å²) in [5.41, 5.74) is 0.406. The van der Waals surface area contributed by atoms with Gasteiger partial charge in [0.2, 0.25) is 5.91 Å². The van der Waals surface area contributed by atoms with Crippen LogP contribution in [-0.2, 0) is 10.2 Å². The summed E-state index contributed by atoms with van der Waals surface area (Å²) in [5.74, 6) is 1.03. The van der Waals surface area contributed by atoms with Gasteiger partial charge in [-0.15, -0.1) is 0 Å². The minimum atomic E-state index is -0.489. The molecule has 3 heteroatoms. The zero-order valence-electron chi connectivity index (χ0n) is 11.2.